The third-order valence-electron chi connectivity index (χ3n) is 6.88. The lowest BCUT2D eigenvalue weighted by Gasteiger charge is -2.42. The van der Waals surface area contributed by atoms with Crippen molar-refractivity contribution in [1.29, 1.82) is 0 Å². The number of rotatable bonds is 20. The van der Waals surface area contributed by atoms with Crippen molar-refractivity contribution in [2.45, 2.75) is 116 Å². The predicted molar refractivity (Wildman–Crippen MR) is 208 cm³/mol. The summed E-state index contributed by atoms with van der Waals surface area (Å²) in [5.41, 5.74) is 0.582. The molecule has 0 unspecified atom stereocenters. The first-order valence-electron chi connectivity index (χ1n) is 16.2. The Kier molecular flexibility index (Phi) is 17.5. The van der Waals surface area contributed by atoms with Crippen LogP contribution in [-0.4, -0.2) is 92.4 Å². The molecule has 18 heteroatoms. The van der Waals surface area contributed by atoms with Crippen molar-refractivity contribution < 1.29 is 33.9 Å². The zero-order valence-electron chi connectivity index (χ0n) is 30.2. The molecule has 0 aliphatic carbocycles. The summed E-state index contributed by atoms with van der Waals surface area (Å²) >= 11 is 0. The molecule has 0 N–H and O–H groups in total. The van der Waals surface area contributed by atoms with E-state index in [9.17, 15) is 9.18 Å². The van der Waals surface area contributed by atoms with Gasteiger partial charge < -0.3 is 24.7 Å². The Labute approximate surface area is 280 Å². The first-order valence-corrected chi connectivity index (χ1v) is 40.2. The van der Waals surface area contributed by atoms with Gasteiger partial charge in [0.2, 0.25) is 0 Å². The van der Waals surface area contributed by atoms with E-state index in [0.29, 0.717) is 17.8 Å². The van der Waals surface area contributed by atoms with E-state index in [1.165, 1.54) is 12.2 Å². The molecule has 0 fully saturated rings. The van der Waals surface area contributed by atoms with Gasteiger partial charge in [-0.15, -0.1) is 4.39 Å². The quantitative estimate of drug-likeness (QED) is 0.0885. The topological polar surface area (TPSA) is 75.7 Å². The highest BCUT2D eigenvalue weighted by molar-refractivity contribution is 6.92. The van der Waals surface area contributed by atoms with Gasteiger partial charge in [-0.25, -0.2) is 4.79 Å². The minimum Gasteiger partial charge on any atom is -0.420 e. The number of carbonyl (C=O) groups excluding carboxylic acids is 1. The average molecular weight is 773 g/mol. The van der Waals surface area contributed by atoms with Crippen LogP contribution < -0.4 is 10.1 Å². The molecule has 1 rings (SSSR count). The van der Waals surface area contributed by atoms with Gasteiger partial charge in [0.15, 0.2) is 53.5 Å². The predicted octanol–water partition coefficient (Wildman–Crippen LogP) is 6.23. The van der Waals surface area contributed by atoms with E-state index in [2.05, 4.69) is 97.7 Å². The second kappa shape index (κ2) is 18.2. The highest BCUT2D eigenvalue weighted by atomic mass is 28.5. The smallest absolute Gasteiger partial charge is 0.420 e. The van der Waals surface area contributed by atoms with Crippen LogP contribution in [0.15, 0.2) is 24.3 Å². The number of halogens is 1. The van der Waals surface area contributed by atoms with Gasteiger partial charge in [-0.05, 0) is 96.7 Å². The maximum Gasteiger partial charge on any atom is 0.469 e. The maximum atomic E-state index is 13.4. The first kappa shape index (κ1) is 42.4. The Morgan fingerprint density at radius 2 is 1.09 bits per heavy atom. The van der Waals surface area contributed by atoms with Crippen LogP contribution in [-0.2, 0) is 24.7 Å². The summed E-state index contributed by atoms with van der Waals surface area (Å²) in [5, 5.41) is 1.20. The molecule has 0 bridgehead atoms. The van der Waals surface area contributed by atoms with Crippen LogP contribution in [0.5, 0.6) is 0 Å². The van der Waals surface area contributed by atoms with E-state index >= 15 is 0 Å². The van der Waals surface area contributed by atoms with Gasteiger partial charge in [-0.3, -0.25) is 4.90 Å². The molecule has 1 aromatic rings. The van der Waals surface area contributed by atoms with Crippen molar-refractivity contribution >= 4 is 96.2 Å². The average Bonchev–Trinajstić information content (AvgIpc) is 2.83. The Bertz CT molecular complexity index is 999. The summed E-state index contributed by atoms with van der Waals surface area (Å²) in [7, 11) is -16.1. The fourth-order valence-electron chi connectivity index (χ4n) is 5.07. The molecule has 0 atom stereocenters. The van der Waals surface area contributed by atoms with Gasteiger partial charge >= 0.3 is 23.8 Å². The van der Waals surface area contributed by atoms with Gasteiger partial charge in [0.05, 0.1) is 8.07 Å². The summed E-state index contributed by atoms with van der Waals surface area (Å²) in [6.07, 6.45) is -1.46. The Balaban J connectivity index is 3.38. The monoisotopic (exact) mass is 771 g/mol. The molecule has 0 heterocycles. The van der Waals surface area contributed by atoms with Crippen LogP contribution in [0, 0.1) is 0 Å². The number of hydrogen-bond donors (Lipinski definition) is 0. The third kappa shape index (κ3) is 15.0. The van der Waals surface area contributed by atoms with Crippen molar-refractivity contribution in [3.63, 3.8) is 0 Å². The maximum absolute atomic E-state index is 13.4. The molecule has 0 aromatic heterocycles. The molecule has 256 valence electrons. The van der Waals surface area contributed by atoms with Crippen molar-refractivity contribution in [3.05, 3.63) is 24.3 Å². The van der Waals surface area contributed by atoms with E-state index in [1.807, 2.05) is 12.1 Å². The van der Waals surface area contributed by atoms with Gasteiger partial charge in [-0.1, -0.05) is 36.5 Å². The van der Waals surface area contributed by atoms with Crippen LogP contribution in [0.2, 0.25) is 116 Å². The number of benzene rings is 1. The lowest BCUT2D eigenvalue weighted by atomic mass is 10.3. The standard InChI is InChI=1S/C26H62FNO7Si9/c1-28(26(27)29)24-17-16-18-25(23-24)41(12,13)19-20-42(14,15)35-44(33-39(8)9,34-40(10)11)22-21-43(30-36(2)3,31-37(4)5)32-38(6)7/h16-18,23,36-40H,19-22H2,1-15H3. The van der Waals surface area contributed by atoms with E-state index in [-0.39, 0.29) is 0 Å². The minimum atomic E-state index is -3.08. The van der Waals surface area contributed by atoms with Crippen molar-refractivity contribution in [2.24, 2.45) is 0 Å². The normalized spacial score (nSPS) is 13.7. The fraction of sp³-hybridized carbons (Fsp3) is 0.731. The highest BCUT2D eigenvalue weighted by Crippen LogP contribution is 2.33. The summed E-state index contributed by atoms with van der Waals surface area (Å²) < 4.78 is 54.7. The molecule has 1 amide bonds. The number of hydrogen-bond acceptors (Lipinski definition) is 7. The number of anilines is 1. The molecule has 8 nitrogen and oxygen atoms in total. The van der Waals surface area contributed by atoms with E-state index in [1.54, 1.807) is 6.07 Å². The van der Waals surface area contributed by atoms with Crippen molar-refractivity contribution in [1.82, 2.24) is 0 Å². The molecular formula is C26H62FNO7Si9. The van der Waals surface area contributed by atoms with Crippen molar-refractivity contribution in [3.8, 4) is 0 Å². The van der Waals surface area contributed by atoms with Gasteiger partial charge in [0.25, 0.3) is 0 Å². The molecule has 1 aromatic carbocycles. The first-order chi connectivity index (χ1) is 20.0. The van der Waals surface area contributed by atoms with Crippen LogP contribution in [0.25, 0.3) is 0 Å². The number of amides is 1. The van der Waals surface area contributed by atoms with Crippen LogP contribution >= 0.6 is 0 Å². The fourth-order valence-corrected chi connectivity index (χ4v) is 38.9. The Hall–Kier alpha value is 0.332. The lowest BCUT2D eigenvalue weighted by Crippen LogP contribution is -2.60. The lowest BCUT2D eigenvalue weighted by molar-refractivity contribution is 0.229. The summed E-state index contributed by atoms with van der Waals surface area (Å²) in [6, 6.07) is 11.1. The molecule has 0 aliphatic rings. The second-order valence-corrected chi connectivity index (χ2v) is 42.9. The molecular weight excluding hydrogens is 710 g/mol. The molecule has 0 spiro atoms. The molecule has 0 saturated carbocycles. The van der Waals surface area contributed by atoms with Gasteiger partial charge in [0.1, 0.15) is 0 Å². The van der Waals surface area contributed by atoms with Crippen LogP contribution in [0.4, 0.5) is 14.9 Å². The number of nitrogens with zero attached hydrogens (tertiary/aromatic N) is 1. The molecule has 0 aliphatic heterocycles. The Morgan fingerprint density at radius 1 is 0.682 bits per heavy atom. The SMILES string of the molecule is CN(C(=O)F)c1cccc([Si](C)(C)CC[Si](C)(C)O[Si](CC[Si](O[SiH](C)C)(O[SiH](C)C)O[SiH](C)C)(O[SiH](C)C)O[SiH](C)C)c1. The van der Waals surface area contributed by atoms with Crippen molar-refractivity contribution in [2.75, 3.05) is 11.9 Å². The Morgan fingerprint density at radius 3 is 1.50 bits per heavy atom. The highest BCUT2D eigenvalue weighted by Gasteiger charge is 2.52. The minimum absolute atomic E-state index is 0.582. The third-order valence-corrected chi connectivity index (χ3v) is 34.5. The van der Waals surface area contributed by atoms with Gasteiger partial charge in [-0.2, -0.15) is 0 Å². The zero-order valence-corrected chi connectivity index (χ0v) is 40.0. The molecule has 44 heavy (non-hydrogen) atoms. The zero-order chi connectivity index (χ0) is 34.1. The number of carbonyl (C=O) groups is 1. The van der Waals surface area contributed by atoms with Crippen LogP contribution in [0.1, 0.15) is 0 Å². The largest absolute Gasteiger partial charge is 0.469 e. The summed E-state index contributed by atoms with van der Waals surface area (Å²) in [4.78, 5) is 12.4. The second-order valence-electron chi connectivity index (χ2n) is 14.3. The van der Waals surface area contributed by atoms with Gasteiger partial charge in [0, 0.05) is 24.8 Å². The van der Waals surface area contributed by atoms with E-state index in [0.717, 1.165) is 17.0 Å². The van der Waals surface area contributed by atoms with Crippen LogP contribution in [0.3, 0.4) is 0 Å². The van der Waals surface area contributed by atoms with E-state index in [4.69, 9.17) is 24.7 Å². The molecule has 0 saturated heterocycles. The summed E-state index contributed by atoms with van der Waals surface area (Å²) in [6.45, 7) is 31.2. The summed E-state index contributed by atoms with van der Waals surface area (Å²) in [5.74, 6) is 0. The molecule has 0 radical (unpaired) electrons. The van der Waals surface area contributed by atoms with E-state index < -0.39 is 85.4 Å².